The lowest BCUT2D eigenvalue weighted by atomic mass is 10.1. The zero-order chi connectivity index (χ0) is 14.0. The highest BCUT2D eigenvalue weighted by Gasteiger charge is 2.12. The first-order valence-electron chi connectivity index (χ1n) is 7.10. The Labute approximate surface area is 126 Å². The van der Waals surface area contributed by atoms with E-state index in [0.717, 1.165) is 12.8 Å². The predicted molar refractivity (Wildman–Crippen MR) is 88.8 cm³/mol. The van der Waals surface area contributed by atoms with Gasteiger partial charge in [-0.25, -0.2) is 0 Å². The van der Waals surface area contributed by atoms with Crippen LogP contribution in [-0.4, -0.2) is 0 Å². The first kappa shape index (κ1) is 14.8. The van der Waals surface area contributed by atoms with Crippen molar-refractivity contribution in [2.45, 2.75) is 35.8 Å². The minimum atomic E-state index is 0.511. The van der Waals surface area contributed by atoms with Crippen LogP contribution in [0.25, 0.3) is 0 Å². The van der Waals surface area contributed by atoms with Crippen LogP contribution in [-0.2, 0) is 0 Å². The summed E-state index contributed by atoms with van der Waals surface area (Å²) in [4.78, 5) is 1.33. The quantitative estimate of drug-likeness (QED) is 0.355. The fourth-order valence-corrected chi connectivity index (χ4v) is 3.40. The van der Waals surface area contributed by atoms with E-state index in [4.69, 9.17) is 6.42 Å². The molecule has 0 heterocycles. The van der Waals surface area contributed by atoms with Crippen molar-refractivity contribution < 1.29 is 0 Å². The van der Waals surface area contributed by atoms with Crippen LogP contribution >= 0.6 is 11.8 Å². The van der Waals surface area contributed by atoms with Gasteiger partial charge in [0.05, 0.1) is 0 Å². The lowest BCUT2D eigenvalue weighted by molar-refractivity contribution is 0.683. The molecule has 0 aliphatic carbocycles. The van der Waals surface area contributed by atoms with Gasteiger partial charge < -0.3 is 0 Å². The van der Waals surface area contributed by atoms with Crippen LogP contribution in [0.1, 0.15) is 36.5 Å². The van der Waals surface area contributed by atoms with Gasteiger partial charge in [0.1, 0.15) is 0 Å². The van der Waals surface area contributed by atoms with E-state index in [1.165, 1.54) is 23.3 Å². The third-order valence-corrected chi connectivity index (χ3v) is 4.57. The van der Waals surface area contributed by atoms with Gasteiger partial charge in [0, 0.05) is 16.6 Å². The Bertz CT molecular complexity index is 525. The van der Waals surface area contributed by atoms with Crippen molar-refractivity contribution in [1.82, 2.24) is 0 Å². The molecule has 0 saturated carbocycles. The average Bonchev–Trinajstić information content (AvgIpc) is 2.52. The topological polar surface area (TPSA) is 0 Å². The minimum Gasteiger partial charge on any atom is -0.120 e. The highest BCUT2D eigenvalue weighted by atomic mass is 32.2. The molecule has 0 amide bonds. The van der Waals surface area contributed by atoms with E-state index in [2.05, 4.69) is 66.6 Å². The zero-order valence-electron chi connectivity index (χ0n) is 11.7. The summed E-state index contributed by atoms with van der Waals surface area (Å²) in [6.45, 7) is 0. The molecule has 0 radical (unpaired) electrons. The van der Waals surface area contributed by atoms with Gasteiger partial charge in [0.25, 0.3) is 0 Å². The van der Waals surface area contributed by atoms with Crippen molar-refractivity contribution in [1.29, 1.82) is 0 Å². The molecule has 1 atom stereocenters. The highest BCUT2D eigenvalue weighted by Crippen LogP contribution is 2.38. The Balaban J connectivity index is 2.02. The molecule has 2 aromatic rings. The van der Waals surface area contributed by atoms with Crippen LogP contribution in [0.2, 0.25) is 0 Å². The summed E-state index contributed by atoms with van der Waals surface area (Å²) in [5.74, 6) is 2.72. The molecule has 0 fully saturated rings. The van der Waals surface area contributed by atoms with E-state index < -0.39 is 0 Å². The van der Waals surface area contributed by atoms with Gasteiger partial charge in [-0.15, -0.1) is 24.1 Å². The summed E-state index contributed by atoms with van der Waals surface area (Å²) in [5, 5.41) is 0.511. The lowest BCUT2D eigenvalue weighted by Gasteiger charge is -2.17. The van der Waals surface area contributed by atoms with E-state index >= 15 is 0 Å². The summed E-state index contributed by atoms with van der Waals surface area (Å²) in [6.07, 6.45) is 9.69. The number of hydrogen-bond acceptors (Lipinski definition) is 1. The van der Waals surface area contributed by atoms with Crippen molar-refractivity contribution >= 4 is 11.8 Å². The molecular weight excluding hydrogens is 260 g/mol. The first-order valence-corrected chi connectivity index (χ1v) is 7.98. The van der Waals surface area contributed by atoms with Gasteiger partial charge in [0.2, 0.25) is 0 Å². The second kappa shape index (κ2) is 8.51. The third-order valence-electron chi connectivity index (χ3n) is 3.23. The standard InChI is InChI=1S/C19H20S/c1-2-3-4-11-16-19(17-12-7-5-8-13-17)20-18-14-9-6-10-15-18/h1,5-10,12-15,19H,3-4,11,16H2. The second-order valence-corrected chi connectivity index (χ2v) is 6.06. The van der Waals surface area contributed by atoms with E-state index in [0.29, 0.717) is 5.25 Å². The molecule has 1 unspecified atom stereocenters. The maximum Gasteiger partial charge on any atom is 0.0344 e. The largest absolute Gasteiger partial charge is 0.120 e. The third kappa shape index (κ3) is 4.79. The highest BCUT2D eigenvalue weighted by molar-refractivity contribution is 7.99. The molecule has 0 spiro atoms. The van der Waals surface area contributed by atoms with Crippen molar-refractivity contribution in [3.05, 3.63) is 66.2 Å². The van der Waals surface area contributed by atoms with Crippen LogP contribution in [0, 0.1) is 12.3 Å². The predicted octanol–water partition coefficient (Wildman–Crippen LogP) is 5.71. The number of thioether (sulfide) groups is 1. The molecule has 0 aliphatic heterocycles. The summed E-state index contributed by atoms with van der Waals surface area (Å²) < 4.78 is 0. The van der Waals surface area contributed by atoms with Crippen LogP contribution in [0.4, 0.5) is 0 Å². The van der Waals surface area contributed by atoms with Gasteiger partial charge in [-0.1, -0.05) is 55.0 Å². The van der Waals surface area contributed by atoms with E-state index in [1.807, 2.05) is 11.8 Å². The van der Waals surface area contributed by atoms with Crippen LogP contribution in [0.5, 0.6) is 0 Å². The van der Waals surface area contributed by atoms with Crippen LogP contribution < -0.4 is 0 Å². The van der Waals surface area contributed by atoms with Crippen molar-refractivity contribution in [2.24, 2.45) is 0 Å². The number of benzene rings is 2. The van der Waals surface area contributed by atoms with Crippen LogP contribution in [0.15, 0.2) is 65.6 Å². The number of rotatable bonds is 7. The first-order chi connectivity index (χ1) is 9.90. The molecule has 1 heteroatoms. The van der Waals surface area contributed by atoms with Crippen LogP contribution in [0.3, 0.4) is 0 Å². The fourth-order valence-electron chi connectivity index (χ4n) is 2.18. The summed E-state index contributed by atoms with van der Waals surface area (Å²) in [6, 6.07) is 21.4. The Morgan fingerprint density at radius 1 is 0.900 bits per heavy atom. The molecule has 0 bridgehead atoms. The Morgan fingerprint density at radius 3 is 2.20 bits per heavy atom. The van der Waals surface area contributed by atoms with Gasteiger partial charge in [-0.05, 0) is 30.5 Å². The molecule has 0 aliphatic rings. The molecule has 20 heavy (non-hydrogen) atoms. The summed E-state index contributed by atoms with van der Waals surface area (Å²) >= 11 is 1.95. The van der Waals surface area contributed by atoms with Gasteiger partial charge in [-0.2, -0.15) is 0 Å². The monoisotopic (exact) mass is 280 g/mol. The maximum absolute atomic E-state index is 5.32. The smallest absolute Gasteiger partial charge is 0.0344 e. The van der Waals surface area contributed by atoms with E-state index in [9.17, 15) is 0 Å². The number of unbranched alkanes of at least 4 members (excludes halogenated alkanes) is 2. The average molecular weight is 280 g/mol. The van der Waals surface area contributed by atoms with Gasteiger partial charge in [0.15, 0.2) is 0 Å². The summed E-state index contributed by atoms with van der Waals surface area (Å²) in [7, 11) is 0. The molecule has 2 rings (SSSR count). The molecule has 0 aromatic heterocycles. The molecule has 0 saturated heterocycles. The second-order valence-electron chi connectivity index (χ2n) is 4.78. The molecular formula is C19H20S. The normalized spacial score (nSPS) is 11.8. The van der Waals surface area contributed by atoms with Gasteiger partial charge in [-0.3, -0.25) is 0 Å². The number of hydrogen-bond donors (Lipinski definition) is 0. The molecule has 102 valence electrons. The molecule has 0 nitrogen and oxygen atoms in total. The number of terminal acetylenes is 1. The Hall–Kier alpha value is -1.65. The van der Waals surface area contributed by atoms with Gasteiger partial charge >= 0.3 is 0 Å². The van der Waals surface area contributed by atoms with E-state index in [1.54, 1.807) is 0 Å². The Morgan fingerprint density at radius 2 is 1.55 bits per heavy atom. The van der Waals surface area contributed by atoms with Crippen molar-refractivity contribution in [2.75, 3.05) is 0 Å². The summed E-state index contributed by atoms with van der Waals surface area (Å²) in [5.41, 5.74) is 1.40. The van der Waals surface area contributed by atoms with Crippen molar-refractivity contribution in [3.8, 4) is 12.3 Å². The molecule has 2 aromatic carbocycles. The van der Waals surface area contributed by atoms with Crippen molar-refractivity contribution in [3.63, 3.8) is 0 Å². The molecule has 0 N–H and O–H groups in total. The van der Waals surface area contributed by atoms with E-state index in [-0.39, 0.29) is 0 Å². The fraction of sp³-hybridized carbons (Fsp3) is 0.263. The minimum absolute atomic E-state index is 0.511. The Kier molecular flexibility index (Phi) is 6.27. The lowest BCUT2D eigenvalue weighted by Crippen LogP contribution is -1.94. The maximum atomic E-state index is 5.32. The SMILES string of the molecule is C#CCCCCC(Sc1ccccc1)c1ccccc1. The zero-order valence-corrected chi connectivity index (χ0v) is 12.5.